The van der Waals surface area contributed by atoms with Crippen LogP contribution >= 0.6 is 0 Å². The predicted molar refractivity (Wildman–Crippen MR) is 215 cm³/mol. The first-order valence-corrected chi connectivity index (χ1v) is 17.4. The van der Waals surface area contributed by atoms with Crippen molar-refractivity contribution in [3.8, 4) is 11.1 Å². The van der Waals surface area contributed by atoms with Crippen molar-refractivity contribution in [1.29, 1.82) is 0 Å². The Kier molecular flexibility index (Phi) is 6.96. The van der Waals surface area contributed by atoms with Crippen molar-refractivity contribution >= 4 is 77.1 Å². The molecule has 10 rings (SSSR count). The first-order valence-electron chi connectivity index (χ1n) is 17.4. The zero-order valence-corrected chi connectivity index (χ0v) is 28.1. The fraction of sp³-hybridized carbons (Fsp3) is 0.0213. The van der Waals surface area contributed by atoms with Gasteiger partial charge in [0.25, 0.3) is 0 Å². The zero-order valence-electron chi connectivity index (χ0n) is 28.1. The van der Waals surface area contributed by atoms with E-state index in [4.69, 9.17) is 24.6 Å². The van der Waals surface area contributed by atoms with Gasteiger partial charge in [-0.15, -0.1) is 0 Å². The molecular weight excluding hydrogens is 639 g/mol. The molecule has 2 aromatic heterocycles. The molecule has 0 radical (unpaired) electrons. The van der Waals surface area contributed by atoms with Gasteiger partial charge in [-0.1, -0.05) is 115 Å². The van der Waals surface area contributed by atoms with Crippen LogP contribution < -0.4 is 5.73 Å². The second-order valence-electron chi connectivity index (χ2n) is 13.2. The first kappa shape index (κ1) is 29.9. The molecule has 0 aliphatic carbocycles. The van der Waals surface area contributed by atoms with Crippen LogP contribution in [0.25, 0.3) is 76.5 Å². The molecule has 0 amide bonds. The third kappa shape index (κ3) is 5.19. The van der Waals surface area contributed by atoms with Gasteiger partial charge in [-0.05, 0) is 86.8 Å². The van der Waals surface area contributed by atoms with Crippen molar-refractivity contribution in [3.63, 3.8) is 0 Å². The molecule has 0 atom stereocenters. The Hall–Kier alpha value is -6.98. The molecule has 0 unspecified atom stereocenters. The Morgan fingerprint density at radius 1 is 0.481 bits per heavy atom. The number of benzene rings is 8. The van der Waals surface area contributed by atoms with Crippen molar-refractivity contribution in [3.05, 3.63) is 180 Å². The molecule has 0 aliphatic heterocycles. The predicted octanol–water partition coefficient (Wildman–Crippen LogP) is 11.8. The van der Waals surface area contributed by atoms with Crippen molar-refractivity contribution in [2.24, 2.45) is 15.7 Å². The van der Waals surface area contributed by atoms with Gasteiger partial charge in [0.1, 0.15) is 28.2 Å². The lowest BCUT2D eigenvalue weighted by atomic mass is 9.99. The van der Waals surface area contributed by atoms with E-state index < -0.39 is 0 Å². The molecule has 0 saturated carbocycles. The minimum atomic E-state index is 0.368. The molecular formula is C47H31N3O2. The summed E-state index contributed by atoms with van der Waals surface area (Å²) in [5.74, 6) is 0.939. The summed E-state index contributed by atoms with van der Waals surface area (Å²) in [5, 5.41) is 8.75. The zero-order chi connectivity index (χ0) is 34.6. The number of amidine groups is 2. The number of fused-ring (bicyclic) bond motifs is 8. The van der Waals surface area contributed by atoms with E-state index >= 15 is 0 Å². The third-order valence-electron chi connectivity index (χ3n) is 9.94. The van der Waals surface area contributed by atoms with Crippen molar-refractivity contribution in [2.45, 2.75) is 6.54 Å². The average molecular weight is 670 g/mol. The van der Waals surface area contributed by atoms with Crippen LogP contribution in [0.5, 0.6) is 0 Å². The first-order chi connectivity index (χ1) is 25.6. The summed E-state index contributed by atoms with van der Waals surface area (Å²) in [5.41, 5.74) is 15.1. The maximum Gasteiger partial charge on any atom is 0.157 e. The fourth-order valence-electron chi connectivity index (χ4n) is 7.32. The Balaban J connectivity index is 1.08. The van der Waals surface area contributed by atoms with Gasteiger partial charge in [-0.25, -0.2) is 4.99 Å². The van der Waals surface area contributed by atoms with Crippen molar-refractivity contribution in [2.75, 3.05) is 0 Å². The maximum absolute atomic E-state index is 6.97. The van der Waals surface area contributed by atoms with Crippen LogP contribution in [0, 0.1) is 0 Å². The number of furan rings is 2. The number of para-hydroxylation sites is 1. The Labute approximate surface area is 299 Å². The van der Waals surface area contributed by atoms with E-state index in [-0.39, 0.29) is 0 Å². The number of nitrogens with two attached hydrogens (primary N) is 1. The normalized spacial score (nSPS) is 12.6. The Morgan fingerprint density at radius 3 is 2.00 bits per heavy atom. The van der Waals surface area contributed by atoms with E-state index in [1.807, 2.05) is 54.6 Å². The molecule has 0 bridgehead atoms. The molecule has 0 saturated heterocycles. The number of nitrogens with zero attached hydrogens (tertiary/aromatic N) is 2. The molecule has 0 spiro atoms. The molecule has 0 fully saturated rings. The van der Waals surface area contributed by atoms with Gasteiger partial charge >= 0.3 is 0 Å². The number of hydrogen-bond donors (Lipinski definition) is 1. The third-order valence-corrected chi connectivity index (χ3v) is 9.94. The van der Waals surface area contributed by atoms with Crippen LogP contribution in [0.3, 0.4) is 0 Å². The molecule has 5 nitrogen and oxygen atoms in total. The number of rotatable bonds is 5. The van der Waals surface area contributed by atoms with E-state index in [2.05, 4.69) is 109 Å². The number of aliphatic imine (C=N–C) groups is 2. The van der Waals surface area contributed by atoms with Crippen LogP contribution in [-0.4, -0.2) is 11.7 Å². The number of hydrogen-bond acceptors (Lipinski definition) is 3. The molecule has 52 heavy (non-hydrogen) atoms. The Morgan fingerprint density at radius 2 is 1.13 bits per heavy atom. The van der Waals surface area contributed by atoms with Crippen LogP contribution in [-0.2, 0) is 6.54 Å². The van der Waals surface area contributed by atoms with Gasteiger partial charge in [0.15, 0.2) is 5.84 Å². The summed E-state index contributed by atoms with van der Waals surface area (Å²) in [6, 6.07) is 56.2. The van der Waals surface area contributed by atoms with E-state index in [1.165, 1.54) is 10.8 Å². The van der Waals surface area contributed by atoms with Crippen molar-refractivity contribution < 1.29 is 8.83 Å². The fourth-order valence-corrected chi connectivity index (χ4v) is 7.32. The molecule has 10 aromatic rings. The van der Waals surface area contributed by atoms with Gasteiger partial charge in [0.05, 0.1) is 6.54 Å². The summed E-state index contributed by atoms with van der Waals surface area (Å²) in [6.45, 7) is 0.460. The monoisotopic (exact) mass is 669 g/mol. The van der Waals surface area contributed by atoms with Gasteiger partial charge < -0.3 is 14.6 Å². The SMILES string of the molecule is N/C(=N\C(=N/Cc1ccc2ccccc2c1)c1ccc2ccccc2c1)c1cccc2oc3ccc(-c4ccc5c(c4)oc4ccccc45)cc3c12. The summed E-state index contributed by atoms with van der Waals surface area (Å²) in [6.07, 6.45) is 0. The lowest BCUT2D eigenvalue weighted by Crippen LogP contribution is -2.17. The summed E-state index contributed by atoms with van der Waals surface area (Å²) < 4.78 is 12.6. The molecule has 0 aliphatic rings. The molecule has 2 heterocycles. The second kappa shape index (κ2) is 12.1. The standard InChI is InChI=1S/C47H31N3O2/c48-46(50-47(36-19-18-31-9-2-4-11-33(31)25-36)49-28-29-16-17-30-8-1-3-10-32(30)24-29)39-13-7-15-43-45(39)40-26-34(21-23-42(40)51-43)35-20-22-38-37-12-5-6-14-41(37)52-44(38)27-35/h1-27H,28H2,(H2,48,49,50). The smallest absolute Gasteiger partial charge is 0.157 e. The minimum Gasteiger partial charge on any atom is -0.456 e. The lowest BCUT2D eigenvalue weighted by molar-refractivity contribution is 0.669. The quantitative estimate of drug-likeness (QED) is 0.146. The van der Waals surface area contributed by atoms with Gasteiger partial charge in [-0.2, -0.15) is 0 Å². The van der Waals surface area contributed by atoms with E-state index in [9.17, 15) is 0 Å². The van der Waals surface area contributed by atoms with E-state index in [0.29, 0.717) is 18.2 Å². The van der Waals surface area contributed by atoms with E-state index in [0.717, 1.165) is 82.5 Å². The minimum absolute atomic E-state index is 0.368. The summed E-state index contributed by atoms with van der Waals surface area (Å²) >= 11 is 0. The molecule has 246 valence electrons. The summed E-state index contributed by atoms with van der Waals surface area (Å²) in [7, 11) is 0. The second-order valence-corrected chi connectivity index (χ2v) is 13.2. The van der Waals surface area contributed by atoms with Gasteiger partial charge in [0, 0.05) is 32.7 Å². The molecule has 5 heteroatoms. The molecule has 8 aromatic carbocycles. The average Bonchev–Trinajstić information content (AvgIpc) is 3.76. The molecule has 2 N–H and O–H groups in total. The lowest BCUT2D eigenvalue weighted by Gasteiger charge is -2.09. The maximum atomic E-state index is 6.97. The van der Waals surface area contributed by atoms with Crippen LogP contribution in [0.15, 0.2) is 183 Å². The highest BCUT2D eigenvalue weighted by atomic mass is 16.3. The highest BCUT2D eigenvalue weighted by molar-refractivity contribution is 6.21. The highest BCUT2D eigenvalue weighted by Crippen LogP contribution is 2.37. The highest BCUT2D eigenvalue weighted by Gasteiger charge is 2.16. The topological polar surface area (TPSA) is 77.0 Å². The van der Waals surface area contributed by atoms with Crippen molar-refractivity contribution in [1.82, 2.24) is 0 Å². The Bertz CT molecular complexity index is 3070. The van der Waals surface area contributed by atoms with Crippen LogP contribution in [0.1, 0.15) is 16.7 Å². The largest absolute Gasteiger partial charge is 0.456 e. The van der Waals surface area contributed by atoms with Gasteiger partial charge in [-0.3, -0.25) is 4.99 Å². The van der Waals surface area contributed by atoms with Gasteiger partial charge in [0.2, 0.25) is 0 Å². The van der Waals surface area contributed by atoms with Crippen LogP contribution in [0.4, 0.5) is 0 Å². The van der Waals surface area contributed by atoms with Crippen LogP contribution in [0.2, 0.25) is 0 Å². The van der Waals surface area contributed by atoms with E-state index in [1.54, 1.807) is 0 Å². The summed E-state index contributed by atoms with van der Waals surface area (Å²) in [4.78, 5) is 10.1.